The van der Waals surface area contributed by atoms with Gasteiger partial charge in [-0.15, -0.1) is 11.3 Å². The first-order valence-corrected chi connectivity index (χ1v) is 8.78. The molecule has 0 atom stereocenters. The number of hydrogen-bond donors (Lipinski definition) is 0. The molecule has 2 aromatic heterocycles. The first-order valence-electron chi connectivity index (χ1n) is 7.96. The van der Waals surface area contributed by atoms with Gasteiger partial charge in [0.15, 0.2) is 0 Å². The molecule has 0 aliphatic rings. The maximum absolute atomic E-state index is 10.9. The van der Waals surface area contributed by atoms with E-state index in [0.29, 0.717) is 27.7 Å². The van der Waals surface area contributed by atoms with Gasteiger partial charge in [-0.05, 0) is 24.3 Å². The predicted octanol–water partition coefficient (Wildman–Crippen LogP) is 5.53. The second-order valence-corrected chi connectivity index (χ2v) is 6.70. The Morgan fingerprint density at radius 1 is 1.19 bits per heavy atom. The number of nitro benzene ring substituents is 1. The van der Waals surface area contributed by atoms with Crippen LogP contribution in [0, 0.1) is 21.4 Å². The number of para-hydroxylation sites is 1. The maximum Gasteiger partial charge on any atom is 0.270 e. The zero-order chi connectivity index (χ0) is 18.8. The van der Waals surface area contributed by atoms with Crippen molar-refractivity contribution in [1.82, 2.24) is 4.98 Å². The van der Waals surface area contributed by atoms with Gasteiger partial charge in [0.25, 0.3) is 5.69 Å². The highest BCUT2D eigenvalue weighted by Gasteiger charge is 2.12. The maximum atomic E-state index is 10.9. The van der Waals surface area contributed by atoms with Crippen molar-refractivity contribution in [2.24, 2.45) is 0 Å². The molecule has 0 saturated carbocycles. The highest BCUT2D eigenvalue weighted by Crippen LogP contribution is 2.30. The fraction of sp³-hybridized carbons (Fsp3) is 0. The van der Waals surface area contributed by atoms with Crippen molar-refractivity contribution < 1.29 is 9.34 Å². The van der Waals surface area contributed by atoms with E-state index in [1.54, 1.807) is 30.3 Å². The second-order valence-electron chi connectivity index (χ2n) is 5.67. The molecule has 2 aromatic carbocycles. The fourth-order valence-electron chi connectivity index (χ4n) is 2.63. The smallest absolute Gasteiger partial charge is 0.270 e. The van der Waals surface area contributed by atoms with Crippen LogP contribution in [-0.2, 0) is 0 Å². The van der Waals surface area contributed by atoms with Crippen molar-refractivity contribution in [3.8, 4) is 17.4 Å². The Morgan fingerprint density at radius 2 is 2.04 bits per heavy atom. The molecule has 0 fully saturated rings. The van der Waals surface area contributed by atoms with Gasteiger partial charge < -0.3 is 4.42 Å². The number of nitro groups is 1. The van der Waals surface area contributed by atoms with E-state index in [2.05, 4.69) is 11.1 Å². The molecule has 0 aliphatic heterocycles. The lowest BCUT2D eigenvalue weighted by Gasteiger charge is -1.97. The Morgan fingerprint density at radius 3 is 2.81 bits per heavy atom. The van der Waals surface area contributed by atoms with Crippen molar-refractivity contribution in [3.05, 3.63) is 81.5 Å². The van der Waals surface area contributed by atoms with Crippen LogP contribution in [0.3, 0.4) is 0 Å². The van der Waals surface area contributed by atoms with Crippen LogP contribution in [0.2, 0.25) is 0 Å². The van der Waals surface area contributed by atoms with Gasteiger partial charge in [0.05, 0.1) is 20.7 Å². The first-order chi connectivity index (χ1) is 13.1. The van der Waals surface area contributed by atoms with Crippen LogP contribution in [-0.4, -0.2) is 9.91 Å². The van der Waals surface area contributed by atoms with Crippen molar-refractivity contribution in [2.75, 3.05) is 0 Å². The summed E-state index contributed by atoms with van der Waals surface area (Å²) in [5, 5.41) is 21.1. The van der Waals surface area contributed by atoms with E-state index < -0.39 is 4.92 Å². The zero-order valence-electron chi connectivity index (χ0n) is 13.8. The molecule has 0 unspecified atom stereocenters. The molecule has 4 rings (SSSR count). The van der Waals surface area contributed by atoms with Crippen LogP contribution in [0.5, 0.6) is 0 Å². The average molecular weight is 373 g/mol. The molecule has 0 bridgehead atoms. The fourth-order valence-corrected chi connectivity index (χ4v) is 3.56. The van der Waals surface area contributed by atoms with E-state index in [9.17, 15) is 15.4 Å². The van der Waals surface area contributed by atoms with Gasteiger partial charge in [-0.1, -0.05) is 24.3 Å². The molecule has 0 radical (unpaired) electrons. The third kappa shape index (κ3) is 3.34. The minimum absolute atomic E-state index is 0.00631. The summed E-state index contributed by atoms with van der Waals surface area (Å²) in [5.74, 6) is 0.971. The zero-order valence-corrected chi connectivity index (χ0v) is 14.6. The summed E-state index contributed by atoms with van der Waals surface area (Å²) < 4.78 is 6.76. The van der Waals surface area contributed by atoms with Crippen LogP contribution < -0.4 is 0 Å². The van der Waals surface area contributed by atoms with Gasteiger partial charge in [0, 0.05) is 23.8 Å². The Kier molecular flexibility index (Phi) is 4.24. The first kappa shape index (κ1) is 16.7. The molecule has 0 amide bonds. The monoisotopic (exact) mass is 373 g/mol. The van der Waals surface area contributed by atoms with Crippen molar-refractivity contribution in [2.45, 2.75) is 0 Å². The van der Waals surface area contributed by atoms with E-state index in [0.717, 1.165) is 10.2 Å². The van der Waals surface area contributed by atoms with E-state index in [4.69, 9.17) is 4.42 Å². The van der Waals surface area contributed by atoms with Crippen molar-refractivity contribution in [1.29, 1.82) is 5.26 Å². The second kappa shape index (κ2) is 6.86. The number of nitriles is 1. The number of hydrogen-bond acceptors (Lipinski definition) is 6. The highest BCUT2D eigenvalue weighted by molar-refractivity contribution is 7.19. The van der Waals surface area contributed by atoms with Gasteiger partial charge in [0.1, 0.15) is 22.6 Å². The lowest BCUT2D eigenvalue weighted by atomic mass is 10.1. The summed E-state index contributed by atoms with van der Waals surface area (Å²) >= 11 is 1.44. The van der Waals surface area contributed by atoms with Gasteiger partial charge >= 0.3 is 0 Å². The van der Waals surface area contributed by atoms with Crippen molar-refractivity contribution in [3.63, 3.8) is 0 Å². The van der Waals surface area contributed by atoms with Crippen LogP contribution in [0.1, 0.15) is 10.8 Å². The number of nitrogens with zero attached hydrogens (tertiary/aromatic N) is 3. The van der Waals surface area contributed by atoms with Crippen LogP contribution in [0.4, 0.5) is 5.69 Å². The minimum Gasteiger partial charge on any atom is -0.457 e. The third-order valence-corrected chi connectivity index (χ3v) is 4.97. The number of aromatic nitrogens is 1. The number of fused-ring (bicyclic) bond motifs is 1. The molecule has 0 saturated heterocycles. The molecule has 6 nitrogen and oxygen atoms in total. The van der Waals surface area contributed by atoms with Crippen molar-refractivity contribution >= 4 is 38.9 Å². The number of furan rings is 1. The molecule has 130 valence electrons. The van der Waals surface area contributed by atoms with E-state index >= 15 is 0 Å². The summed E-state index contributed by atoms with van der Waals surface area (Å²) in [7, 11) is 0. The standard InChI is InChI=1S/C20H11N3O3S/c21-12-14(20-22-17-6-1-2-7-19(17)27-20)11-16-8-9-18(26-16)13-4-3-5-15(10-13)23(24)25/h1-11H/b14-11+. The Hall–Kier alpha value is -3.76. The Labute approximate surface area is 157 Å². The molecular formula is C20H11N3O3S. The average Bonchev–Trinajstić information content (AvgIpc) is 3.33. The van der Waals surface area contributed by atoms with Crippen LogP contribution in [0.25, 0.3) is 33.2 Å². The Bertz CT molecular complexity index is 1200. The lowest BCUT2D eigenvalue weighted by Crippen LogP contribution is -1.87. The minimum atomic E-state index is -0.450. The summed E-state index contributed by atoms with van der Waals surface area (Å²) in [6, 6.07) is 19.5. The normalized spacial score (nSPS) is 11.4. The van der Waals surface area contributed by atoms with E-state index in [-0.39, 0.29) is 5.69 Å². The number of allylic oxidation sites excluding steroid dienone is 1. The Balaban J connectivity index is 1.68. The summed E-state index contributed by atoms with van der Waals surface area (Å²) in [6.45, 7) is 0. The molecular weight excluding hydrogens is 362 g/mol. The topological polar surface area (TPSA) is 93.0 Å². The van der Waals surface area contributed by atoms with Crippen LogP contribution >= 0.6 is 11.3 Å². The predicted molar refractivity (Wildman–Crippen MR) is 104 cm³/mol. The SMILES string of the molecule is N#C/C(=C\c1ccc(-c2cccc([N+](=O)[O-])c2)o1)c1nc2ccccc2s1. The quantitative estimate of drug-likeness (QED) is 0.266. The molecule has 0 aliphatic carbocycles. The molecule has 7 heteroatoms. The summed E-state index contributed by atoms with van der Waals surface area (Å²) in [5.41, 5.74) is 1.84. The molecule has 0 N–H and O–H groups in total. The number of rotatable bonds is 4. The molecule has 27 heavy (non-hydrogen) atoms. The number of thiazole rings is 1. The third-order valence-electron chi connectivity index (χ3n) is 3.90. The molecule has 0 spiro atoms. The lowest BCUT2D eigenvalue weighted by molar-refractivity contribution is -0.384. The summed E-state index contributed by atoms with van der Waals surface area (Å²) in [4.78, 5) is 15.0. The number of benzene rings is 2. The largest absolute Gasteiger partial charge is 0.457 e. The van der Waals surface area contributed by atoms with Gasteiger partial charge in [0.2, 0.25) is 0 Å². The van der Waals surface area contributed by atoms with Crippen LogP contribution in [0.15, 0.2) is 65.1 Å². The number of non-ortho nitro benzene ring substituents is 1. The highest BCUT2D eigenvalue weighted by atomic mass is 32.1. The molecule has 2 heterocycles. The van der Waals surface area contributed by atoms with E-state index in [1.807, 2.05) is 24.3 Å². The molecule has 4 aromatic rings. The van der Waals surface area contributed by atoms with Gasteiger partial charge in [-0.3, -0.25) is 10.1 Å². The summed E-state index contributed by atoms with van der Waals surface area (Å²) in [6.07, 6.45) is 1.62. The van der Waals surface area contributed by atoms with E-state index in [1.165, 1.54) is 23.5 Å². The van der Waals surface area contributed by atoms with Gasteiger partial charge in [-0.25, -0.2) is 4.98 Å². The van der Waals surface area contributed by atoms with Gasteiger partial charge in [-0.2, -0.15) is 5.26 Å².